The molecule has 0 aliphatic heterocycles. The van der Waals surface area contributed by atoms with E-state index in [9.17, 15) is 5.26 Å². The first-order valence-corrected chi connectivity index (χ1v) is 7.06. The number of rotatable bonds is 4. The molecule has 0 fully saturated rings. The van der Waals surface area contributed by atoms with Crippen molar-refractivity contribution in [3.05, 3.63) is 57.5 Å². The Kier molecular flexibility index (Phi) is 4.89. The third-order valence-corrected chi connectivity index (χ3v) is 4.04. The van der Waals surface area contributed by atoms with Gasteiger partial charge in [-0.25, -0.2) is 0 Å². The molecule has 0 amide bonds. The van der Waals surface area contributed by atoms with Crippen molar-refractivity contribution in [1.82, 2.24) is 0 Å². The monoisotopic (exact) mass is 350 g/mol. The van der Waals surface area contributed by atoms with Crippen molar-refractivity contribution >= 4 is 33.2 Å². The van der Waals surface area contributed by atoms with Crippen molar-refractivity contribution in [2.24, 2.45) is 0 Å². The summed E-state index contributed by atoms with van der Waals surface area (Å²) in [7, 11) is 1.62. The highest BCUT2D eigenvalue weighted by Crippen LogP contribution is 2.28. The topological polar surface area (TPSA) is 45.0 Å². The van der Waals surface area contributed by atoms with Crippen LogP contribution in [0, 0.1) is 11.3 Å². The Hall–Kier alpha value is -1.70. The molecule has 0 radical (unpaired) electrons. The van der Waals surface area contributed by atoms with Crippen molar-refractivity contribution in [3.63, 3.8) is 0 Å². The van der Waals surface area contributed by atoms with Crippen LogP contribution in [0.3, 0.4) is 0 Å². The fraction of sp³-hybridized carbons (Fsp3) is 0.133. The summed E-state index contributed by atoms with van der Waals surface area (Å²) >= 11 is 9.39. The number of nitrogens with one attached hydrogen (secondary N) is 1. The quantitative estimate of drug-likeness (QED) is 0.861. The van der Waals surface area contributed by atoms with E-state index in [0.29, 0.717) is 5.02 Å². The summed E-state index contributed by atoms with van der Waals surface area (Å²) in [6.07, 6.45) is 0. The van der Waals surface area contributed by atoms with Gasteiger partial charge < -0.3 is 10.1 Å². The molecular weight excluding hydrogens is 340 g/mol. The fourth-order valence-corrected chi connectivity index (χ4v) is 2.17. The van der Waals surface area contributed by atoms with Gasteiger partial charge in [0.15, 0.2) is 0 Å². The zero-order chi connectivity index (χ0) is 14.5. The van der Waals surface area contributed by atoms with Crippen molar-refractivity contribution in [1.29, 1.82) is 5.26 Å². The Labute approximate surface area is 131 Å². The van der Waals surface area contributed by atoms with Gasteiger partial charge in [-0.15, -0.1) is 0 Å². The molecule has 0 bridgehead atoms. The first-order valence-electron chi connectivity index (χ1n) is 5.89. The average molecular weight is 352 g/mol. The minimum Gasteiger partial charge on any atom is -0.497 e. The highest BCUT2D eigenvalue weighted by Gasteiger charge is 2.11. The number of hydrogen-bond acceptors (Lipinski definition) is 3. The Morgan fingerprint density at radius 3 is 2.50 bits per heavy atom. The highest BCUT2D eigenvalue weighted by atomic mass is 79.9. The number of anilines is 1. The molecule has 102 valence electrons. The molecule has 0 aromatic heterocycles. The molecule has 20 heavy (non-hydrogen) atoms. The van der Waals surface area contributed by atoms with Crippen LogP contribution in [0.1, 0.15) is 11.6 Å². The zero-order valence-electron chi connectivity index (χ0n) is 10.7. The van der Waals surface area contributed by atoms with Gasteiger partial charge in [0.1, 0.15) is 11.8 Å². The molecule has 2 rings (SSSR count). The van der Waals surface area contributed by atoms with Crippen LogP contribution in [0.4, 0.5) is 5.69 Å². The number of nitrogens with zero attached hydrogens (tertiary/aromatic N) is 1. The van der Waals surface area contributed by atoms with E-state index in [-0.39, 0.29) is 0 Å². The standard InChI is InChI=1S/C15H12BrClN2O/c1-20-12-5-3-11(4-6-12)19-15(9-18)10-2-7-13(16)14(17)8-10/h2-8,15,19H,1H3. The van der Waals surface area contributed by atoms with E-state index in [0.717, 1.165) is 21.5 Å². The molecule has 1 N–H and O–H groups in total. The van der Waals surface area contributed by atoms with Crippen LogP contribution in [0.15, 0.2) is 46.9 Å². The van der Waals surface area contributed by atoms with Gasteiger partial charge in [0.25, 0.3) is 0 Å². The molecule has 1 unspecified atom stereocenters. The molecule has 0 spiro atoms. The first-order chi connectivity index (χ1) is 9.63. The molecular formula is C15H12BrClN2O. The minimum atomic E-state index is -0.464. The molecule has 3 nitrogen and oxygen atoms in total. The van der Waals surface area contributed by atoms with Crippen molar-refractivity contribution in [2.45, 2.75) is 6.04 Å². The second-order valence-electron chi connectivity index (χ2n) is 4.11. The maximum Gasteiger partial charge on any atom is 0.140 e. The summed E-state index contributed by atoms with van der Waals surface area (Å²) in [4.78, 5) is 0. The minimum absolute atomic E-state index is 0.464. The van der Waals surface area contributed by atoms with Gasteiger partial charge in [-0.1, -0.05) is 17.7 Å². The van der Waals surface area contributed by atoms with E-state index in [4.69, 9.17) is 16.3 Å². The van der Waals surface area contributed by atoms with E-state index < -0.39 is 6.04 Å². The van der Waals surface area contributed by atoms with Crippen LogP contribution in [0.5, 0.6) is 5.75 Å². The van der Waals surface area contributed by atoms with Gasteiger partial charge in [-0.05, 0) is 57.9 Å². The SMILES string of the molecule is COc1ccc(NC(C#N)c2ccc(Br)c(Cl)c2)cc1. The Balaban J connectivity index is 2.19. The number of ether oxygens (including phenoxy) is 1. The molecule has 0 saturated carbocycles. The van der Waals surface area contributed by atoms with E-state index in [1.165, 1.54) is 0 Å². The van der Waals surface area contributed by atoms with Crippen LogP contribution >= 0.6 is 27.5 Å². The predicted octanol–water partition coefficient (Wildman–Crippen LogP) is 4.79. The number of methoxy groups -OCH3 is 1. The first kappa shape index (κ1) is 14.7. The van der Waals surface area contributed by atoms with Crippen LogP contribution in [-0.4, -0.2) is 7.11 Å². The number of halogens is 2. The number of hydrogen-bond donors (Lipinski definition) is 1. The van der Waals surface area contributed by atoms with Crippen molar-refractivity contribution in [3.8, 4) is 11.8 Å². The normalized spacial score (nSPS) is 11.5. The molecule has 5 heteroatoms. The molecule has 0 saturated heterocycles. The van der Waals surface area contributed by atoms with E-state index in [2.05, 4.69) is 27.3 Å². The maximum atomic E-state index is 9.31. The summed E-state index contributed by atoms with van der Waals surface area (Å²) < 4.78 is 5.91. The van der Waals surface area contributed by atoms with Crippen LogP contribution < -0.4 is 10.1 Å². The van der Waals surface area contributed by atoms with Crippen LogP contribution in [0.2, 0.25) is 5.02 Å². The summed E-state index contributed by atoms with van der Waals surface area (Å²) in [5.41, 5.74) is 1.66. The highest BCUT2D eigenvalue weighted by molar-refractivity contribution is 9.10. The smallest absolute Gasteiger partial charge is 0.140 e. The third kappa shape index (κ3) is 3.44. The van der Waals surface area contributed by atoms with Gasteiger partial charge in [-0.3, -0.25) is 0 Å². The van der Waals surface area contributed by atoms with Gasteiger partial charge >= 0.3 is 0 Å². The van der Waals surface area contributed by atoms with Crippen LogP contribution in [-0.2, 0) is 0 Å². The second kappa shape index (κ2) is 6.65. The van der Waals surface area contributed by atoms with E-state index in [1.54, 1.807) is 13.2 Å². The summed E-state index contributed by atoms with van der Waals surface area (Å²) in [6, 6.07) is 14.6. The summed E-state index contributed by atoms with van der Waals surface area (Å²) in [6.45, 7) is 0. The number of nitriles is 1. The lowest BCUT2D eigenvalue weighted by Gasteiger charge is -2.14. The Morgan fingerprint density at radius 1 is 1.25 bits per heavy atom. The predicted molar refractivity (Wildman–Crippen MR) is 84.1 cm³/mol. The molecule has 2 aromatic rings. The lowest BCUT2D eigenvalue weighted by atomic mass is 10.1. The Bertz CT molecular complexity index is 637. The summed E-state index contributed by atoms with van der Waals surface area (Å²) in [5, 5.41) is 13.0. The summed E-state index contributed by atoms with van der Waals surface area (Å²) in [5.74, 6) is 0.774. The molecule has 2 aromatic carbocycles. The van der Waals surface area contributed by atoms with Crippen LogP contribution in [0.25, 0.3) is 0 Å². The average Bonchev–Trinajstić information content (AvgIpc) is 2.48. The van der Waals surface area contributed by atoms with E-state index in [1.807, 2.05) is 36.4 Å². The van der Waals surface area contributed by atoms with Crippen molar-refractivity contribution < 1.29 is 4.74 Å². The lowest BCUT2D eigenvalue weighted by Crippen LogP contribution is -2.08. The zero-order valence-corrected chi connectivity index (χ0v) is 13.1. The van der Waals surface area contributed by atoms with Gasteiger partial charge in [0.05, 0.1) is 18.2 Å². The third-order valence-electron chi connectivity index (χ3n) is 2.81. The number of benzene rings is 2. The van der Waals surface area contributed by atoms with Crippen molar-refractivity contribution in [2.75, 3.05) is 12.4 Å². The fourth-order valence-electron chi connectivity index (χ4n) is 1.74. The lowest BCUT2D eigenvalue weighted by molar-refractivity contribution is 0.415. The molecule has 1 atom stereocenters. The van der Waals surface area contributed by atoms with Gasteiger partial charge in [0.2, 0.25) is 0 Å². The Morgan fingerprint density at radius 2 is 1.95 bits per heavy atom. The molecule has 0 aliphatic carbocycles. The van der Waals surface area contributed by atoms with Gasteiger partial charge in [-0.2, -0.15) is 5.26 Å². The van der Waals surface area contributed by atoms with E-state index >= 15 is 0 Å². The maximum absolute atomic E-state index is 9.31. The van der Waals surface area contributed by atoms with Gasteiger partial charge in [0, 0.05) is 10.2 Å². The molecule has 0 aliphatic rings. The second-order valence-corrected chi connectivity index (χ2v) is 5.37. The largest absolute Gasteiger partial charge is 0.497 e. The molecule has 0 heterocycles.